The summed E-state index contributed by atoms with van der Waals surface area (Å²) in [4.78, 5) is 24.8. The van der Waals surface area contributed by atoms with Gasteiger partial charge in [0.15, 0.2) is 0 Å². The number of anilines is 2. The van der Waals surface area contributed by atoms with Gasteiger partial charge in [-0.3, -0.25) is 9.59 Å². The second-order valence-electron chi connectivity index (χ2n) is 7.51. The molecule has 4 nitrogen and oxygen atoms in total. The highest BCUT2D eigenvalue weighted by atomic mass is 16.2. The van der Waals surface area contributed by atoms with Gasteiger partial charge in [0.25, 0.3) is 5.91 Å². The summed E-state index contributed by atoms with van der Waals surface area (Å²) in [6.45, 7) is 4.23. The lowest BCUT2D eigenvalue weighted by atomic mass is 9.80. The van der Waals surface area contributed by atoms with Crippen LogP contribution in [0, 0.1) is 18.8 Å². The molecule has 0 aromatic heterocycles. The van der Waals surface area contributed by atoms with Gasteiger partial charge in [0, 0.05) is 22.9 Å². The third-order valence-electron chi connectivity index (χ3n) is 5.52. The molecule has 0 radical (unpaired) electrons. The standard InChI is InChI=1S/C23H28N2O2/c1-3-17-6-8-18(9-7-17)22(26)25-21-14-10-19(11-15-21)23(27)24-20-12-4-16(2)5-13-20/h4-5,10-15,17-18H,3,6-9H2,1-2H3,(H,24,27)(H,25,26). The quantitative estimate of drug-likeness (QED) is 0.746. The van der Waals surface area contributed by atoms with Gasteiger partial charge in [0.2, 0.25) is 5.91 Å². The molecule has 2 aromatic carbocycles. The molecule has 0 unspecified atom stereocenters. The van der Waals surface area contributed by atoms with Gasteiger partial charge in [-0.2, -0.15) is 0 Å². The number of rotatable bonds is 5. The van der Waals surface area contributed by atoms with Gasteiger partial charge in [0.05, 0.1) is 0 Å². The maximum Gasteiger partial charge on any atom is 0.255 e. The highest BCUT2D eigenvalue weighted by Gasteiger charge is 2.25. The fourth-order valence-corrected chi connectivity index (χ4v) is 3.62. The number of hydrogen-bond acceptors (Lipinski definition) is 2. The Morgan fingerprint density at radius 1 is 0.852 bits per heavy atom. The highest BCUT2D eigenvalue weighted by Crippen LogP contribution is 2.31. The van der Waals surface area contributed by atoms with Crippen molar-refractivity contribution in [3.63, 3.8) is 0 Å². The Morgan fingerprint density at radius 2 is 1.41 bits per heavy atom. The monoisotopic (exact) mass is 364 g/mol. The van der Waals surface area contributed by atoms with Gasteiger partial charge in [-0.25, -0.2) is 0 Å². The van der Waals surface area contributed by atoms with Crippen molar-refractivity contribution in [1.29, 1.82) is 0 Å². The van der Waals surface area contributed by atoms with Crippen molar-refractivity contribution in [3.05, 3.63) is 59.7 Å². The third kappa shape index (κ3) is 5.19. The first-order chi connectivity index (χ1) is 13.0. The molecule has 1 aliphatic rings. The SMILES string of the molecule is CCC1CCC(C(=O)Nc2ccc(C(=O)Nc3ccc(C)cc3)cc2)CC1. The van der Waals surface area contributed by atoms with Crippen LogP contribution in [0.5, 0.6) is 0 Å². The van der Waals surface area contributed by atoms with Crippen molar-refractivity contribution < 1.29 is 9.59 Å². The number of hydrogen-bond donors (Lipinski definition) is 2. The molecule has 0 saturated heterocycles. The minimum atomic E-state index is -0.158. The number of nitrogens with one attached hydrogen (secondary N) is 2. The van der Waals surface area contributed by atoms with Crippen LogP contribution in [-0.4, -0.2) is 11.8 Å². The molecule has 2 aromatic rings. The van der Waals surface area contributed by atoms with E-state index in [1.807, 2.05) is 31.2 Å². The molecule has 0 spiro atoms. The maximum absolute atomic E-state index is 12.5. The number of aryl methyl sites for hydroxylation is 1. The summed E-state index contributed by atoms with van der Waals surface area (Å²) in [5.41, 5.74) is 3.23. The number of carbonyl (C=O) groups is 2. The summed E-state index contributed by atoms with van der Waals surface area (Å²) in [7, 11) is 0. The molecule has 0 heterocycles. The van der Waals surface area contributed by atoms with E-state index >= 15 is 0 Å². The topological polar surface area (TPSA) is 58.2 Å². The minimum Gasteiger partial charge on any atom is -0.326 e. The Kier molecular flexibility index (Phi) is 6.28. The predicted octanol–water partition coefficient (Wildman–Crippen LogP) is 5.40. The van der Waals surface area contributed by atoms with Crippen LogP contribution >= 0.6 is 0 Å². The summed E-state index contributed by atoms with van der Waals surface area (Å²) in [5.74, 6) is 0.828. The average molecular weight is 364 g/mol. The lowest BCUT2D eigenvalue weighted by molar-refractivity contribution is -0.121. The molecule has 0 bridgehead atoms. The third-order valence-corrected chi connectivity index (χ3v) is 5.52. The highest BCUT2D eigenvalue weighted by molar-refractivity contribution is 6.04. The number of carbonyl (C=O) groups excluding carboxylic acids is 2. The zero-order chi connectivity index (χ0) is 19.2. The first kappa shape index (κ1) is 19.2. The number of amides is 2. The van der Waals surface area contributed by atoms with E-state index in [0.717, 1.165) is 48.5 Å². The first-order valence-corrected chi connectivity index (χ1v) is 9.84. The molecule has 27 heavy (non-hydrogen) atoms. The molecule has 142 valence electrons. The largest absolute Gasteiger partial charge is 0.326 e. The normalized spacial score (nSPS) is 19.3. The van der Waals surface area contributed by atoms with Crippen LogP contribution in [0.25, 0.3) is 0 Å². The van der Waals surface area contributed by atoms with Gasteiger partial charge in [0.1, 0.15) is 0 Å². The van der Waals surface area contributed by atoms with E-state index in [-0.39, 0.29) is 17.7 Å². The zero-order valence-electron chi connectivity index (χ0n) is 16.1. The second kappa shape index (κ2) is 8.85. The van der Waals surface area contributed by atoms with E-state index in [1.165, 1.54) is 6.42 Å². The molecule has 1 saturated carbocycles. The Balaban J connectivity index is 1.54. The van der Waals surface area contributed by atoms with Crippen LogP contribution in [0.2, 0.25) is 0 Å². The first-order valence-electron chi connectivity index (χ1n) is 9.84. The van der Waals surface area contributed by atoms with Gasteiger partial charge in [-0.15, -0.1) is 0 Å². The molecule has 1 aliphatic carbocycles. The van der Waals surface area contributed by atoms with Crippen molar-refractivity contribution in [2.75, 3.05) is 10.6 Å². The van der Waals surface area contributed by atoms with Gasteiger partial charge in [-0.1, -0.05) is 31.0 Å². The van der Waals surface area contributed by atoms with Gasteiger partial charge in [-0.05, 0) is 74.9 Å². The fraction of sp³-hybridized carbons (Fsp3) is 0.391. The summed E-state index contributed by atoms with van der Waals surface area (Å²) in [5, 5.41) is 5.88. The molecule has 1 fully saturated rings. The van der Waals surface area contributed by atoms with E-state index in [0.29, 0.717) is 5.56 Å². The van der Waals surface area contributed by atoms with Crippen molar-refractivity contribution in [1.82, 2.24) is 0 Å². The average Bonchev–Trinajstić information content (AvgIpc) is 2.70. The summed E-state index contributed by atoms with van der Waals surface area (Å²) in [6, 6.07) is 14.8. The fourth-order valence-electron chi connectivity index (χ4n) is 3.62. The molecule has 3 rings (SSSR count). The maximum atomic E-state index is 12.5. The smallest absolute Gasteiger partial charge is 0.255 e. The van der Waals surface area contributed by atoms with Gasteiger partial charge < -0.3 is 10.6 Å². The lowest BCUT2D eigenvalue weighted by Gasteiger charge is -2.26. The van der Waals surface area contributed by atoms with Crippen LogP contribution in [-0.2, 0) is 4.79 Å². The van der Waals surface area contributed by atoms with Crippen molar-refractivity contribution in [2.24, 2.45) is 11.8 Å². The Bertz CT molecular complexity index is 773. The Hall–Kier alpha value is -2.62. The lowest BCUT2D eigenvalue weighted by Crippen LogP contribution is -2.27. The minimum absolute atomic E-state index is 0.0985. The Morgan fingerprint density at radius 3 is 2.00 bits per heavy atom. The van der Waals surface area contributed by atoms with E-state index in [4.69, 9.17) is 0 Å². The number of benzene rings is 2. The van der Waals surface area contributed by atoms with E-state index in [9.17, 15) is 9.59 Å². The van der Waals surface area contributed by atoms with Crippen LogP contribution in [0.15, 0.2) is 48.5 Å². The molecule has 4 heteroatoms. The van der Waals surface area contributed by atoms with Crippen LogP contribution in [0.3, 0.4) is 0 Å². The predicted molar refractivity (Wildman–Crippen MR) is 110 cm³/mol. The van der Waals surface area contributed by atoms with Crippen LogP contribution in [0.1, 0.15) is 54.9 Å². The van der Waals surface area contributed by atoms with E-state index in [1.54, 1.807) is 24.3 Å². The molecule has 2 amide bonds. The van der Waals surface area contributed by atoms with E-state index in [2.05, 4.69) is 17.6 Å². The molecular weight excluding hydrogens is 336 g/mol. The van der Waals surface area contributed by atoms with Crippen molar-refractivity contribution >= 4 is 23.2 Å². The molecule has 2 N–H and O–H groups in total. The van der Waals surface area contributed by atoms with Crippen LogP contribution in [0.4, 0.5) is 11.4 Å². The van der Waals surface area contributed by atoms with Crippen molar-refractivity contribution in [3.8, 4) is 0 Å². The summed E-state index contributed by atoms with van der Waals surface area (Å²) >= 11 is 0. The molecule has 0 aliphatic heterocycles. The van der Waals surface area contributed by atoms with Crippen molar-refractivity contribution in [2.45, 2.75) is 46.0 Å². The summed E-state index contributed by atoms with van der Waals surface area (Å²) in [6.07, 6.45) is 5.45. The van der Waals surface area contributed by atoms with Crippen LogP contribution < -0.4 is 10.6 Å². The molecule has 0 atom stereocenters. The second-order valence-corrected chi connectivity index (χ2v) is 7.51. The summed E-state index contributed by atoms with van der Waals surface area (Å²) < 4.78 is 0. The Labute approximate surface area is 161 Å². The van der Waals surface area contributed by atoms with Gasteiger partial charge >= 0.3 is 0 Å². The zero-order valence-corrected chi connectivity index (χ0v) is 16.1. The van der Waals surface area contributed by atoms with E-state index < -0.39 is 0 Å². The molecular formula is C23H28N2O2.